The number of nitrogens with one attached hydrogen (secondary N) is 1. The molecule has 0 spiro atoms. The smallest absolute Gasteiger partial charge is 0.260 e. The number of hydrogen-bond acceptors (Lipinski definition) is 5. The molecule has 1 amide bonds. The Bertz CT molecular complexity index is 874. The summed E-state index contributed by atoms with van der Waals surface area (Å²) in [7, 11) is 0. The molecule has 4 rings (SSSR count). The zero-order valence-electron chi connectivity index (χ0n) is 14.4. The van der Waals surface area contributed by atoms with Crippen molar-refractivity contribution in [1.29, 1.82) is 0 Å². The predicted octanol–water partition coefficient (Wildman–Crippen LogP) is 1.58. The van der Waals surface area contributed by atoms with Crippen LogP contribution in [0.25, 0.3) is 11.0 Å². The van der Waals surface area contributed by atoms with E-state index in [1.54, 1.807) is 4.68 Å². The van der Waals surface area contributed by atoms with E-state index < -0.39 is 6.17 Å². The van der Waals surface area contributed by atoms with E-state index in [1.807, 2.05) is 54.6 Å². The third-order valence-electron chi connectivity index (χ3n) is 4.54. The summed E-state index contributed by atoms with van der Waals surface area (Å²) in [5, 5.41) is 11.5. The molecule has 3 aromatic rings. The summed E-state index contributed by atoms with van der Waals surface area (Å²) < 4.78 is 7.15. The van der Waals surface area contributed by atoms with Gasteiger partial charge in [-0.1, -0.05) is 47.7 Å². The lowest BCUT2D eigenvalue weighted by Gasteiger charge is -2.33. The van der Waals surface area contributed by atoms with Gasteiger partial charge in [0.1, 0.15) is 5.52 Å². The average Bonchev–Trinajstić information content (AvgIpc) is 3.12. The number of morpholine rings is 1. The van der Waals surface area contributed by atoms with Crippen molar-refractivity contribution < 1.29 is 9.53 Å². The van der Waals surface area contributed by atoms with Crippen LogP contribution in [0.5, 0.6) is 0 Å². The summed E-state index contributed by atoms with van der Waals surface area (Å²) in [6.07, 6.45) is -0.546. The van der Waals surface area contributed by atoms with Crippen LogP contribution in [-0.2, 0) is 16.1 Å². The fourth-order valence-corrected chi connectivity index (χ4v) is 3.20. The minimum absolute atomic E-state index is 0.0913. The van der Waals surface area contributed by atoms with Crippen molar-refractivity contribution in [2.24, 2.45) is 0 Å². The first-order chi connectivity index (χ1) is 12.8. The van der Waals surface area contributed by atoms with E-state index in [-0.39, 0.29) is 5.91 Å². The molecule has 1 fully saturated rings. The Morgan fingerprint density at radius 1 is 1.08 bits per heavy atom. The molecule has 2 heterocycles. The van der Waals surface area contributed by atoms with Gasteiger partial charge in [-0.15, -0.1) is 5.10 Å². The number of hydrogen-bond donors (Lipinski definition) is 1. The van der Waals surface area contributed by atoms with Crippen LogP contribution < -0.4 is 5.32 Å². The SMILES string of the molecule is O=C(NCc1ccccc1)C(N1CCOCC1)n1nnc2ccccc21. The summed E-state index contributed by atoms with van der Waals surface area (Å²) in [6.45, 7) is 3.05. The molecule has 1 atom stereocenters. The number of benzene rings is 2. The van der Waals surface area contributed by atoms with E-state index in [1.165, 1.54) is 0 Å². The normalized spacial score (nSPS) is 16.5. The molecule has 1 aromatic heterocycles. The largest absolute Gasteiger partial charge is 0.379 e. The third kappa shape index (κ3) is 3.44. The molecule has 26 heavy (non-hydrogen) atoms. The van der Waals surface area contributed by atoms with Crippen molar-refractivity contribution in [3.05, 3.63) is 60.2 Å². The molecule has 134 valence electrons. The minimum Gasteiger partial charge on any atom is -0.379 e. The van der Waals surface area contributed by atoms with Gasteiger partial charge in [-0.25, -0.2) is 4.68 Å². The molecule has 0 saturated carbocycles. The molecule has 1 aliphatic rings. The lowest BCUT2D eigenvalue weighted by Crippen LogP contribution is -2.48. The van der Waals surface area contributed by atoms with Crippen LogP contribution in [0, 0.1) is 0 Å². The Balaban J connectivity index is 1.61. The van der Waals surface area contributed by atoms with Gasteiger partial charge in [0.05, 0.1) is 18.7 Å². The summed E-state index contributed by atoms with van der Waals surface area (Å²) in [5.41, 5.74) is 2.69. The summed E-state index contributed by atoms with van der Waals surface area (Å²) in [6, 6.07) is 17.6. The Labute approximate surface area is 151 Å². The van der Waals surface area contributed by atoms with Crippen LogP contribution in [-0.4, -0.2) is 52.1 Å². The number of nitrogens with zero attached hydrogens (tertiary/aromatic N) is 4. The first-order valence-corrected chi connectivity index (χ1v) is 8.76. The quantitative estimate of drug-likeness (QED) is 0.756. The number of rotatable bonds is 5. The fourth-order valence-electron chi connectivity index (χ4n) is 3.20. The summed E-state index contributed by atoms with van der Waals surface area (Å²) in [5.74, 6) is -0.0913. The van der Waals surface area contributed by atoms with Crippen molar-refractivity contribution in [2.75, 3.05) is 26.3 Å². The zero-order chi connectivity index (χ0) is 17.8. The topological polar surface area (TPSA) is 72.3 Å². The molecule has 2 aromatic carbocycles. The summed E-state index contributed by atoms with van der Waals surface area (Å²) in [4.78, 5) is 15.2. The van der Waals surface area contributed by atoms with Gasteiger partial charge in [0.15, 0.2) is 6.17 Å². The maximum Gasteiger partial charge on any atom is 0.260 e. The number of para-hydroxylation sites is 1. The Kier molecular flexibility index (Phi) is 4.90. The predicted molar refractivity (Wildman–Crippen MR) is 97.2 cm³/mol. The van der Waals surface area contributed by atoms with Crippen LogP contribution in [0.2, 0.25) is 0 Å². The highest BCUT2D eigenvalue weighted by molar-refractivity contribution is 5.83. The number of ether oxygens (including phenoxy) is 1. The van der Waals surface area contributed by atoms with E-state index >= 15 is 0 Å². The second kappa shape index (κ2) is 7.63. The Morgan fingerprint density at radius 2 is 1.81 bits per heavy atom. The van der Waals surface area contributed by atoms with E-state index in [2.05, 4.69) is 20.5 Å². The lowest BCUT2D eigenvalue weighted by atomic mass is 10.2. The zero-order valence-corrected chi connectivity index (χ0v) is 14.4. The van der Waals surface area contributed by atoms with Crippen molar-refractivity contribution in [3.8, 4) is 0 Å². The van der Waals surface area contributed by atoms with Gasteiger partial charge in [0.25, 0.3) is 5.91 Å². The van der Waals surface area contributed by atoms with E-state index in [0.29, 0.717) is 32.8 Å². The first-order valence-electron chi connectivity index (χ1n) is 8.76. The maximum atomic E-state index is 13.1. The molecule has 1 aliphatic heterocycles. The van der Waals surface area contributed by atoms with Gasteiger partial charge in [0.2, 0.25) is 0 Å². The van der Waals surface area contributed by atoms with E-state index in [4.69, 9.17) is 4.74 Å². The van der Waals surface area contributed by atoms with Crippen molar-refractivity contribution in [2.45, 2.75) is 12.7 Å². The number of aromatic nitrogens is 3. The maximum absolute atomic E-state index is 13.1. The number of carbonyl (C=O) groups excluding carboxylic acids is 1. The minimum atomic E-state index is -0.546. The Hall–Kier alpha value is -2.77. The van der Waals surface area contributed by atoms with Crippen LogP contribution in [0.15, 0.2) is 54.6 Å². The second-order valence-corrected chi connectivity index (χ2v) is 6.25. The standard InChI is InChI=1S/C19H21N5O2/c25-18(20-14-15-6-2-1-3-7-15)19(23-10-12-26-13-11-23)24-17-9-5-4-8-16(17)21-22-24/h1-9,19H,10-14H2,(H,20,25). The third-order valence-corrected chi connectivity index (χ3v) is 4.54. The van der Waals surface area contributed by atoms with Crippen LogP contribution in [0.4, 0.5) is 0 Å². The first kappa shape index (κ1) is 16.7. The molecule has 0 aliphatic carbocycles. The van der Waals surface area contributed by atoms with E-state index in [0.717, 1.165) is 16.6 Å². The monoisotopic (exact) mass is 351 g/mol. The van der Waals surface area contributed by atoms with Crippen molar-refractivity contribution in [3.63, 3.8) is 0 Å². The van der Waals surface area contributed by atoms with Gasteiger partial charge in [0, 0.05) is 19.6 Å². The molecule has 7 nitrogen and oxygen atoms in total. The van der Waals surface area contributed by atoms with Crippen LogP contribution in [0.1, 0.15) is 11.7 Å². The van der Waals surface area contributed by atoms with Gasteiger partial charge >= 0.3 is 0 Å². The molecule has 1 saturated heterocycles. The lowest BCUT2D eigenvalue weighted by molar-refractivity contribution is -0.132. The number of amides is 1. The second-order valence-electron chi connectivity index (χ2n) is 6.25. The molecule has 0 bridgehead atoms. The number of carbonyl (C=O) groups is 1. The Morgan fingerprint density at radius 3 is 2.62 bits per heavy atom. The fraction of sp³-hybridized carbons (Fsp3) is 0.316. The number of fused-ring (bicyclic) bond motifs is 1. The van der Waals surface area contributed by atoms with Crippen LogP contribution in [0.3, 0.4) is 0 Å². The van der Waals surface area contributed by atoms with Crippen molar-refractivity contribution in [1.82, 2.24) is 25.2 Å². The highest BCUT2D eigenvalue weighted by Gasteiger charge is 2.31. The van der Waals surface area contributed by atoms with Gasteiger partial charge < -0.3 is 10.1 Å². The molecule has 0 radical (unpaired) electrons. The highest BCUT2D eigenvalue weighted by Crippen LogP contribution is 2.20. The summed E-state index contributed by atoms with van der Waals surface area (Å²) >= 11 is 0. The average molecular weight is 351 g/mol. The molecular weight excluding hydrogens is 330 g/mol. The molecular formula is C19H21N5O2. The van der Waals surface area contributed by atoms with Crippen molar-refractivity contribution >= 4 is 16.9 Å². The van der Waals surface area contributed by atoms with E-state index in [9.17, 15) is 4.79 Å². The van der Waals surface area contributed by atoms with Gasteiger partial charge in [-0.3, -0.25) is 9.69 Å². The molecule has 7 heteroatoms. The molecule has 1 N–H and O–H groups in total. The highest BCUT2D eigenvalue weighted by atomic mass is 16.5. The van der Waals surface area contributed by atoms with Crippen LogP contribution >= 0.6 is 0 Å². The van der Waals surface area contributed by atoms with Gasteiger partial charge in [-0.2, -0.15) is 0 Å². The molecule has 1 unspecified atom stereocenters. The van der Waals surface area contributed by atoms with Gasteiger partial charge in [-0.05, 0) is 17.7 Å².